The van der Waals surface area contributed by atoms with E-state index in [1.807, 2.05) is 19.1 Å². The Kier molecular flexibility index (Phi) is 3.95. The van der Waals surface area contributed by atoms with Crippen LogP contribution in [0, 0.1) is 0 Å². The number of allylic oxidation sites excluding steroid dienone is 1. The SMILES string of the molecule is C=C(C)c1cccc2c(-c3ccccc3)n(Cc3ccccc3)nc12. The molecule has 0 radical (unpaired) electrons. The van der Waals surface area contributed by atoms with Crippen LogP contribution in [-0.2, 0) is 6.54 Å². The van der Waals surface area contributed by atoms with Crippen LogP contribution in [-0.4, -0.2) is 9.78 Å². The van der Waals surface area contributed by atoms with Gasteiger partial charge in [-0.1, -0.05) is 85.4 Å². The zero-order chi connectivity index (χ0) is 17.2. The largest absolute Gasteiger partial charge is 0.259 e. The van der Waals surface area contributed by atoms with Crippen LogP contribution in [0.2, 0.25) is 0 Å². The Bertz CT molecular complexity index is 1030. The van der Waals surface area contributed by atoms with Gasteiger partial charge < -0.3 is 0 Å². The lowest BCUT2D eigenvalue weighted by Gasteiger charge is -2.08. The van der Waals surface area contributed by atoms with Gasteiger partial charge in [0.15, 0.2) is 0 Å². The summed E-state index contributed by atoms with van der Waals surface area (Å²) in [5.74, 6) is 0. The van der Waals surface area contributed by atoms with Crippen molar-refractivity contribution >= 4 is 16.5 Å². The summed E-state index contributed by atoms with van der Waals surface area (Å²) >= 11 is 0. The van der Waals surface area contributed by atoms with Gasteiger partial charge in [0.25, 0.3) is 0 Å². The van der Waals surface area contributed by atoms with Gasteiger partial charge >= 0.3 is 0 Å². The van der Waals surface area contributed by atoms with Crippen LogP contribution in [0.4, 0.5) is 0 Å². The second kappa shape index (κ2) is 6.40. The Morgan fingerprint density at radius 3 is 2.24 bits per heavy atom. The molecule has 0 saturated heterocycles. The zero-order valence-corrected chi connectivity index (χ0v) is 14.3. The predicted molar refractivity (Wildman–Crippen MR) is 105 cm³/mol. The third-order valence-corrected chi connectivity index (χ3v) is 4.45. The average Bonchev–Trinajstić information content (AvgIpc) is 3.00. The number of aromatic nitrogens is 2. The minimum atomic E-state index is 0.745. The topological polar surface area (TPSA) is 17.8 Å². The van der Waals surface area contributed by atoms with Gasteiger partial charge in [0.1, 0.15) is 5.52 Å². The number of benzene rings is 3. The molecular formula is C23H20N2. The maximum atomic E-state index is 4.96. The van der Waals surface area contributed by atoms with E-state index < -0.39 is 0 Å². The third-order valence-electron chi connectivity index (χ3n) is 4.45. The summed E-state index contributed by atoms with van der Waals surface area (Å²) in [5, 5.41) is 6.13. The minimum Gasteiger partial charge on any atom is -0.259 e. The number of fused-ring (bicyclic) bond motifs is 1. The first-order chi connectivity index (χ1) is 12.2. The number of hydrogen-bond donors (Lipinski definition) is 0. The first-order valence-electron chi connectivity index (χ1n) is 8.49. The molecule has 122 valence electrons. The van der Waals surface area contributed by atoms with E-state index in [1.54, 1.807) is 0 Å². The molecule has 0 saturated carbocycles. The summed E-state index contributed by atoms with van der Waals surface area (Å²) < 4.78 is 2.11. The quantitative estimate of drug-likeness (QED) is 0.465. The van der Waals surface area contributed by atoms with Gasteiger partial charge in [-0.3, -0.25) is 4.68 Å². The molecule has 1 heterocycles. The second-order valence-electron chi connectivity index (χ2n) is 6.34. The lowest BCUT2D eigenvalue weighted by Crippen LogP contribution is -2.03. The lowest BCUT2D eigenvalue weighted by molar-refractivity contribution is 0.703. The highest BCUT2D eigenvalue weighted by molar-refractivity contribution is 5.99. The van der Waals surface area contributed by atoms with Crippen LogP contribution in [0.3, 0.4) is 0 Å². The van der Waals surface area contributed by atoms with Crippen molar-refractivity contribution in [3.05, 3.63) is 96.6 Å². The van der Waals surface area contributed by atoms with Gasteiger partial charge in [-0.05, 0) is 18.1 Å². The fourth-order valence-corrected chi connectivity index (χ4v) is 3.27. The molecule has 25 heavy (non-hydrogen) atoms. The normalized spacial score (nSPS) is 10.9. The fraction of sp³-hybridized carbons (Fsp3) is 0.0870. The smallest absolute Gasteiger partial charge is 0.100 e. The number of nitrogens with zero attached hydrogens (tertiary/aromatic N) is 2. The monoisotopic (exact) mass is 324 g/mol. The van der Waals surface area contributed by atoms with Crippen molar-refractivity contribution in [2.45, 2.75) is 13.5 Å². The Morgan fingerprint density at radius 1 is 0.880 bits per heavy atom. The summed E-state index contributed by atoms with van der Waals surface area (Å²) in [6.07, 6.45) is 0. The average molecular weight is 324 g/mol. The maximum absolute atomic E-state index is 4.96. The van der Waals surface area contributed by atoms with Crippen molar-refractivity contribution < 1.29 is 0 Å². The highest BCUT2D eigenvalue weighted by Gasteiger charge is 2.16. The lowest BCUT2D eigenvalue weighted by atomic mass is 10.0. The molecule has 4 rings (SSSR count). The highest BCUT2D eigenvalue weighted by Crippen LogP contribution is 2.32. The molecule has 2 nitrogen and oxygen atoms in total. The molecule has 0 aliphatic rings. The van der Waals surface area contributed by atoms with Crippen molar-refractivity contribution in [3.8, 4) is 11.3 Å². The van der Waals surface area contributed by atoms with Gasteiger partial charge in [0.2, 0.25) is 0 Å². The Labute approximate surface area is 148 Å². The van der Waals surface area contributed by atoms with E-state index in [-0.39, 0.29) is 0 Å². The maximum Gasteiger partial charge on any atom is 0.100 e. The molecule has 0 spiro atoms. The Morgan fingerprint density at radius 2 is 1.56 bits per heavy atom. The van der Waals surface area contributed by atoms with E-state index in [1.165, 1.54) is 16.5 Å². The van der Waals surface area contributed by atoms with Crippen molar-refractivity contribution in [1.29, 1.82) is 0 Å². The van der Waals surface area contributed by atoms with Crippen LogP contribution in [0.15, 0.2) is 85.4 Å². The first kappa shape index (κ1) is 15.4. The molecule has 0 N–H and O–H groups in total. The standard InChI is InChI=1S/C23H20N2/c1-17(2)20-14-9-15-21-22(20)24-25(16-18-10-5-3-6-11-18)23(21)19-12-7-4-8-13-19/h3-15H,1,16H2,2H3. The molecule has 2 heteroatoms. The second-order valence-corrected chi connectivity index (χ2v) is 6.34. The van der Waals surface area contributed by atoms with Crippen LogP contribution < -0.4 is 0 Å². The van der Waals surface area contributed by atoms with Gasteiger partial charge in [-0.25, -0.2) is 0 Å². The van der Waals surface area contributed by atoms with E-state index in [0.29, 0.717) is 0 Å². The molecule has 3 aromatic carbocycles. The van der Waals surface area contributed by atoms with Crippen molar-refractivity contribution in [2.24, 2.45) is 0 Å². The molecule has 0 atom stereocenters. The number of hydrogen-bond acceptors (Lipinski definition) is 1. The molecule has 0 amide bonds. The third kappa shape index (κ3) is 2.87. The number of rotatable bonds is 4. The van der Waals surface area contributed by atoms with Gasteiger partial charge in [0, 0.05) is 16.5 Å². The Balaban J connectivity index is 1.97. The molecule has 0 fully saturated rings. The van der Waals surface area contributed by atoms with E-state index in [2.05, 4.69) is 78.0 Å². The summed E-state index contributed by atoms with van der Waals surface area (Å²) in [6.45, 7) is 6.90. The fourth-order valence-electron chi connectivity index (χ4n) is 3.27. The van der Waals surface area contributed by atoms with Crippen LogP contribution >= 0.6 is 0 Å². The van der Waals surface area contributed by atoms with E-state index in [9.17, 15) is 0 Å². The van der Waals surface area contributed by atoms with Crippen LogP contribution in [0.1, 0.15) is 18.1 Å². The molecule has 0 aliphatic heterocycles. The summed E-state index contributed by atoms with van der Waals surface area (Å²) in [7, 11) is 0. The van der Waals surface area contributed by atoms with Gasteiger partial charge in [-0.15, -0.1) is 0 Å². The van der Waals surface area contributed by atoms with Crippen molar-refractivity contribution in [3.63, 3.8) is 0 Å². The van der Waals surface area contributed by atoms with E-state index in [0.717, 1.165) is 28.9 Å². The Hall–Kier alpha value is -3.13. The van der Waals surface area contributed by atoms with Crippen LogP contribution in [0.25, 0.3) is 27.7 Å². The highest BCUT2D eigenvalue weighted by atomic mass is 15.3. The summed E-state index contributed by atoms with van der Waals surface area (Å²) in [4.78, 5) is 0. The summed E-state index contributed by atoms with van der Waals surface area (Å²) in [5.41, 5.74) is 6.74. The van der Waals surface area contributed by atoms with Gasteiger partial charge in [0.05, 0.1) is 12.2 Å². The minimum absolute atomic E-state index is 0.745. The molecule has 1 aromatic heterocycles. The predicted octanol–water partition coefficient (Wildman–Crippen LogP) is 5.78. The van der Waals surface area contributed by atoms with E-state index >= 15 is 0 Å². The van der Waals surface area contributed by atoms with Crippen molar-refractivity contribution in [1.82, 2.24) is 9.78 Å². The van der Waals surface area contributed by atoms with E-state index in [4.69, 9.17) is 5.10 Å². The zero-order valence-electron chi connectivity index (χ0n) is 14.3. The molecule has 0 aliphatic carbocycles. The van der Waals surface area contributed by atoms with Crippen LogP contribution in [0.5, 0.6) is 0 Å². The first-order valence-corrected chi connectivity index (χ1v) is 8.49. The molecule has 0 unspecified atom stereocenters. The van der Waals surface area contributed by atoms with Crippen molar-refractivity contribution in [2.75, 3.05) is 0 Å². The molecule has 4 aromatic rings. The summed E-state index contributed by atoms with van der Waals surface area (Å²) in [6, 6.07) is 27.3. The molecule has 0 bridgehead atoms. The molecular weight excluding hydrogens is 304 g/mol. The van der Waals surface area contributed by atoms with Gasteiger partial charge in [-0.2, -0.15) is 5.10 Å².